The highest BCUT2D eigenvalue weighted by Gasteiger charge is 2.58. The lowest BCUT2D eigenvalue weighted by Gasteiger charge is -2.27. The third-order valence-corrected chi connectivity index (χ3v) is 3.51. The van der Waals surface area contributed by atoms with Gasteiger partial charge in [0.15, 0.2) is 5.78 Å². The molecule has 2 aliphatic heterocycles. The van der Waals surface area contributed by atoms with Gasteiger partial charge in [-0.05, 0) is 33.6 Å². The fourth-order valence-electron chi connectivity index (χ4n) is 2.82. The molecule has 0 aromatic rings. The van der Waals surface area contributed by atoms with Crippen LogP contribution in [-0.4, -0.2) is 47.5 Å². The van der Waals surface area contributed by atoms with Crippen LogP contribution in [0.15, 0.2) is 0 Å². The van der Waals surface area contributed by atoms with E-state index in [1.165, 1.54) is 12.0 Å². The van der Waals surface area contributed by atoms with Crippen LogP contribution in [0.2, 0.25) is 0 Å². The van der Waals surface area contributed by atoms with Gasteiger partial charge in [-0.3, -0.25) is 14.5 Å². The van der Waals surface area contributed by atoms with Crippen LogP contribution in [0.25, 0.3) is 0 Å². The van der Waals surface area contributed by atoms with Crippen molar-refractivity contribution in [3.05, 3.63) is 0 Å². The molecule has 1 amide bonds. The van der Waals surface area contributed by atoms with Gasteiger partial charge < -0.3 is 9.47 Å². The maximum atomic E-state index is 12.1. The first-order valence-corrected chi connectivity index (χ1v) is 6.39. The minimum absolute atomic E-state index is 0.228. The third-order valence-electron chi connectivity index (χ3n) is 3.51. The van der Waals surface area contributed by atoms with Gasteiger partial charge in [-0.25, -0.2) is 4.79 Å². The van der Waals surface area contributed by atoms with Crippen LogP contribution in [0.1, 0.15) is 33.6 Å². The molecule has 3 atom stereocenters. The molecule has 19 heavy (non-hydrogen) atoms. The highest BCUT2D eigenvalue weighted by molar-refractivity contribution is 6.07. The zero-order chi connectivity index (χ0) is 14.4. The number of esters is 1. The van der Waals surface area contributed by atoms with Crippen LogP contribution in [0.5, 0.6) is 0 Å². The Morgan fingerprint density at radius 2 is 1.89 bits per heavy atom. The molecule has 2 bridgehead atoms. The quantitative estimate of drug-likeness (QED) is 0.527. The lowest BCUT2D eigenvalue weighted by atomic mass is 9.88. The summed E-state index contributed by atoms with van der Waals surface area (Å²) in [7, 11) is 1.25. The number of ether oxygens (including phenoxy) is 2. The molecule has 106 valence electrons. The van der Waals surface area contributed by atoms with Crippen molar-refractivity contribution in [2.45, 2.75) is 51.3 Å². The smallest absolute Gasteiger partial charge is 0.411 e. The van der Waals surface area contributed by atoms with Gasteiger partial charge in [-0.15, -0.1) is 0 Å². The molecule has 0 aromatic heterocycles. The van der Waals surface area contributed by atoms with Crippen molar-refractivity contribution in [1.29, 1.82) is 0 Å². The number of carbonyl (C=O) groups excluding carboxylic acids is 3. The second-order valence-electron chi connectivity index (χ2n) is 5.95. The molecular weight excluding hydrogens is 250 g/mol. The fraction of sp³-hybridized carbons (Fsp3) is 0.769. The van der Waals surface area contributed by atoms with E-state index in [-0.39, 0.29) is 5.78 Å². The summed E-state index contributed by atoms with van der Waals surface area (Å²) in [5.41, 5.74) is -0.622. The molecule has 0 aromatic carbocycles. The number of rotatable bonds is 1. The Morgan fingerprint density at radius 1 is 1.26 bits per heavy atom. The lowest BCUT2D eigenvalue weighted by Crippen LogP contribution is -2.41. The van der Waals surface area contributed by atoms with E-state index in [1.54, 1.807) is 20.8 Å². The number of nitrogens with zero attached hydrogens (tertiary/aromatic N) is 1. The molecule has 2 aliphatic rings. The van der Waals surface area contributed by atoms with Crippen LogP contribution in [0, 0.1) is 5.92 Å². The highest BCUT2D eigenvalue weighted by Crippen LogP contribution is 2.40. The number of fused-ring (bicyclic) bond motifs is 2. The molecule has 2 saturated heterocycles. The second kappa shape index (κ2) is 4.51. The van der Waals surface area contributed by atoms with E-state index in [0.717, 1.165) is 0 Å². The van der Waals surface area contributed by atoms with Gasteiger partial charge in [0.25, 0.3) is 0 Å². The first-order valence-electron chi connectivity index (χ1n) is 6.39. The van der Waals surface area contributed by atoms with E-state index in [4.69, 9.17) is 4.74 Å². The maximum Gasteiger partial charge on any atom is 0.411 e. The number of methoxy groups -OCH3 is 1. The first kappa shape index (κ1) is 13.8. The lowest BCUT2D eigenvalue weighted by molar-refractivity contribution is -0.149. The first-order chi connectivity index (χ1) is 8.76. The summed E-state index contributed by atoms with van der Waals surface area (Å²) in [6.07, 6.45) is 0.700. The number of hydrogen-bond acceptors (Lipinski definition) is 5. The maximum absolute atomic E-state index is 12.1. The van der Waals surface area contributed by atoms with Crippen molar-refractivity contribution in [2.24, 2.45) is 5.92 Å². The third kappa shape index (κ3) is 2.31. The topological polar surface area (TPSA) is 72.9 Å². The van der Waals surface area contributed by atoms with Gasteiger partial charge >= 0.3 is 12.1 Å². The molecule has 0 saturated carbocycles. The van der Waals surface area contributed by atoms with Gasteiger partial charge in [-0.1, -0.05) is 0 Å². The zero-order valence-electron chi connectivity index (χ0n) is 11.6. The van der Waals surface area contributed by atoms with Crippen LogP contribution in [0.4, 0.5) is 4.79 Å². The van der Waals surface area contributed by atoms with Gasteiger partial charge in [0.1, 0.15) is 11.5 Å². The van der Waals surface area contributed by atoms with Crippen LogP contribution in [0.3, 0.4) is 0 Å². The van der Waals surface area contributed by atoms with E-state index < -0.39 is 35.7 Å². The predicted molar refractivity (Wildman–Crippen MR) is 65.4 cm³/mol. The Balaban J connectivity index is 2.19. The van der Waals surface area contributed by atoms with Gasteiger partial charge in [-0.2, -0.15) is 0 Å². The monoisotopic (exact) mass is 269 g/mol. The number of hydrogen-bond donors (Lipinski definition) is 0. The predicted octanol–water partition coefficient (Wildman–Crippen LogP) is 1.13. The molecule has 6 heteroatoms. The largest absolute Gasteiger partial charge is 0.468 e. The number of amides is 1. The van der Waals surface area contributed by atoms with Crippen LogP contribution < -0.4 is 0 Å². The standard InChI is InChI=1S/C13H19NO5/c1-13(2,3)19-12(17)14-7-5-6-8(14)10(15)9(7)11(16)18-4/h7-9H,5-6H2,1-4H3/t7-,8+,9-/m0/s1. The normalized spacial score (nSPS) is 29.6. The minimum atomic E-state index is -0.851. The number of Topliss-reactive ketones (excluding diaryl/α,β-unsaturated/α-hetero) is 1. The molecule has 0 unspecified atom stereocenters. The summed E-state index contributed by atoms with van der Waals surface area (Å²) in [6.45, 7) is 5.30. The summed E-state index contributed by atoms with van der Waals surface area (Å²) in [5, 5.41) is 0. The van der Waals surface area contributed by atoms with E-state index in [1.807, 2.05) is 0 Å². The van der Waals surface area contributed by atoms with Gasteiger partial charge in [0.05, 0.1) is 19.2 Å². The molecular formula is C13H19NO5. The summed E-state index contributed by atoms with van der Waals surface area (Å²) in [4.78, 5) is 37.3. The molecule has 2 rings (SSSR count). The van der Waals surface area contributed by atoms with Crippen molar-refractivity contribution in [1.82, 2.24) is 4.90 Å². The fourth-order valence-corrected chi connectivity index (χ4v) is 2.82. The molecule has 6 nitrogen and oxygen atoms in total. The van der Waals surface area contributed by atoms with Crippen molar-refractivity contribution < 1.29 is 23.9 Å². The SMILES string of the molecule is COC(=O)[C@@H]1C(=O)[C@H]2CC[C@@H]1N2C(=O)OC(C)(C)C. The Labute approximate surface area is 112 Å². The number of carbonyl (C=O) groups is 3. The second-order valence-corrected chi connectivity index (χ2v) is 5.95. The van der Waals surface area contributed by atoms with Gasteiger partial charge in [0, 0.05) is 0 Å². The Morgan fingerprint density at radius 3 is 2.42 bits per heavy atom. The van der Waals surface area contributed by atoms with Crippen molar-refractivity contribution >= 4 is 17.8 Å². The van der Waals surface area contributed by atoms with E-state index in [0.29, 0.717) is 12.8 Å². The molecule has 0 aliphatic carbocycles. The Bertz CT molecular complexity index is 425. The summed E-state index contributed by atoms with van der Waals surface area (Å²) < 4.78 is 9.94. The Hall–Kier alpha value is -1.59. The highest BCUT2D eigenvalue weighted by atomic mass is 16.6. The summed E-state index contributed by atoms with van der Waals surface area (Å²) in [6, 6.07) is -0.955. The average Bonchev–Trinajstić information content (AvgIpc) is 2.81. The zero-order valence-corrected chi connectivity index (χ0v) is 11.6. The Kier molecular flexibility index (Phi) is 3.28. The summed E-state index contributed by atoms with van der Waals surface area (Å²) in [5.74, 6) is -1.64. The molecule has 2 fully saturated rings. The molecule has 0 N–H and O–H groups in total. The minimum Gasteiger partial charge on any atom is -0.468 e. The van der Waals surface area contributed by atoms with Gasteiger partial charge in [0.2, 0.25) is 0 Å². The van der Waals surface area contributed by atoms with E-state index >= 15 is 0 Å². The van der Waals surface area contributed by atoms with Crippen molar-refractivity contribution in [3.63, 3.8) is 0 Å². The summed E-state index contributed by atoms with van der Waals surface area (Å²) >= 11 is 0. The van der Waals surface area contributed by atoms with Crippen LogP contribution in [-0.2, 0) is 19.1 Å². The molecule has 0 spiro atoms. The van der Waals surface area contributed by atoms with Crippen LogP contribution >= 0.6 is 0 Å². The molecule has 2 heterocycles. The van der Waals surface area contributed by atoms with Crippen molar-refractivity contribution in [3.8, 4) is 0 Å². The van der Waals surface area contributed by atoms with E-state index in [2.05, 4.69) is 4.74 Å². The number of ketones is 1. The average molecular weight is 269 g/mol. The molecule has 0 radical (unpaired) electrons. The van der Waals surface area contributed by atoms with E-state index in [9.17, 15) is 14.4 Å². The van der Waals surface area contributed by atoms with Crippen molar-refractivity contribution in [2.75, 3.05) is 7.11 Å².